The van der Waals surface area contributed by atoms with Crippen LogP contribution in [0.4, 0.5) is 4.39 Å². The SMILES string of the molecule is O=C(O)c1ccc(CCC(=O)N2CCC[C@H]2c2cccc(F)c2)cc1. The van der Waals surface area contributed by atoms with Gasteiger partial charge in [-0.2, -0.15) is 0 Å². The Labute approximate surface area is 145 Å². The van der Waals surface area contributed by atoms with E-state index in [1.807, 2.05) is 11.0 Å². The highest BCUT2D eigenvalue weighted by atomic mass is 19.1. The molecule has 0 bridgehead atoms. The van der Waals surface area contributed by atoms with Crippen molar-refractivity contribution in [2.24, 2.45) is 0 Å². The summed E-state index contributed by atoms with van der Waals surface area (Å²) in [5.74, 6) is -1.19. The number of carboxylic acid groups (broad SMARTS) is 1. The van der Waals surface area contributed by atoms with Crippen LogP contribution in [-0.2, 0) is 11.2 Å². The maximum Gasteiger partial charge on any atom is 0.335 e. The van der Waals surface area contributed by atoms with E-state index in [1.54, 1.807) is 30.3 Å². The summed E-state index contributed by atoms with van der Waals surface area (Å²) in [5.41, 5.74) is 2.01. The number of amides is 1. The number of carboxylic acids is 1. The number of hydrogen-bond donors (Lipinski definition) is 1. The first kappa shape index (κ1) is 17.1. The highest BCUT2D eigenvalue weighted by Gasteiger charge is 2.29. The zero-order valence-corrected chi connectivity index (χ0v) is 13.8. The van der Waals surface area contributed by atoms with Gasteiger partial charge in [-0.25, -0.2) is 9.18 Å². The Morgan fingerprint density at radius 1 is 1.16 bits per heavy atom. The molecule has 130 valence electrons. The maximum atomic E-state index is 13.5. The van der Waals surface area contributed by atoms with Gasteiger partial charge in [-0.1, -0.05) is 24.3 Å². The third kappa shape index (κ3) is 4.05. The number of aromatic carboxylic acids is 1. The summed E-state index contributed by atoms with van der Waals surface area (Å²) in [5, 5.41) is 8.91. The predicted octanol–water partition coefficient (Wildman–Crippen LogP) is 3.82. The van der Waals surface area contributed by atoms with Gasteiger partial charge < -0.3 is 10.0 Å². The first-order chi connectivity index (χ1) is 12.0. The van der Waals surface area contributed by atoms with Crippen LogP contribution in [0.3, 0.4) is 0 Å². The minimum atomic E-state index is -0.961. The Balaban J connectivity index is 1.63. The van der Waals surface area contributed by atoms with Crippen molar-refractivity contribution in [1.82, 2.24) is 4.90 Å². The van der Waals surface area contributed by atoms with E-state index in [4.69, 9.17) is 5.11 Å². The van der Waals surface area contributed by atoms with E-state index in [0.717, 1.165) is 24.0 Å². The molecule has 1 heterocycles. The van der Waals surface area contributed by atoms with Crippen LogP contribution in [0.5, 0.6) is 0 Å². The molecular formula is C20H20FNO3. The highest BCUT2D eigenvalue weighted by Crippen LogP contribution is 2.32. The molecule has 2 aromatic rings. The molecular weight excluding hydrogens is 321 g/mol. The summed E-state index contributed by atoms with van der Waals surface area (Å²) in [6, 6.07) is 13.0. The van der Waals surface area contributed by atoms with E-state index in [0.29, 0.717) is 19.4 Å². The zero-order valence-electron chi connectivity index (χ0n) is 13.8. The number of carbonyl (C=O) groups excluding carboxylic acids is 1. The molecule has 0 saturated carbocycles. The molecule has 1 aliphatic heterocycles. The molecule has 4 nitrogen and oxygen atoms in total. The average Bonchev–Trinajstić information content (AvgIpc) is 3.10. The smallest absolute Gasteiger partial charge is 0.335 e. The summed E-state index contributed by atoms with van der Waals surface area (Å²) < 4.78 is 13.5. The van der Waals surface area contributed by atoms with Crippen LogP contribution in [0.25, 0.3) is 0 Å². The lowest BCUT2D eigenvalue weighted by atomic mass is 10.0. The maximum absolute atomic E-state index is 13.5. The van der Waals surface area contributed by atoms with E-state index >= 15 is 0 Å². The molecule has 1 aliphatic rings. The standard InChI is InChI=1S/C20H20FNO3/c21-17-4-1-3-16(13-17)18-5-2-12-22(18)19(23)11-8-14-6-9-15(10-7-14)20(24)25/h1,3-4,6-7,9-10,13,18H,2,5,8,11-12H2,(H,24,25)/t18-/m0/s1. The van der Waals surface area contributed by atoms with Crippen molar-refractivity contribution in [2.75, 3.05) is 6.54 Å². The van der Waals surface area contributed by atoms with Crippen LogP contribution in [-0.4, -0.2) is 28.4 Å². The first-order valence-corrected chi connectivity index (χ1v) is 8.42. The van der Waals surface area contributed by atoms with Crippen molar-refractivity contribution in [3.8, 4) is 0 Å². The summed E-state index contributed by atoms with van der Waals surface area (Å²) >= 11 is 0. The number of halogens is 1. The van der Waals surface area contributed by atoms with Crippen molar-refractivity contribution >= 4 is 11.9 Å². The molecule has 0 radical (unpaired) electrons. The molecule has 0 spiro atoms. The molecule has 5 heteroatoms. The van der Waals surface area contributed by atoms with Crippen LogP contribution in [0, 0.1) is 5.82 Å². The molecule has 25 heavy (non-hydrogen) atoms. The van der Waals surface area contributed by atoms with Crippen molar-refractivity contribution in [2.45, 2.75) is 31.7 Å². The normalized spacial score (nSPS) is 16.8. The van der Waals surface area contributed by atoms with Crippen LogP contribution >= 0.6 is 0 Å². The quantitative estimate of drug-likeness (QED) is 0.899. The Bertz CT molecular complexity index is 773. The third-order valence-corrected chi connectivity index (χ3v) is 4.64. The molecule has 1 saturated heterocycles. The van der Waals surface area contributed by atoms with Crippen molar-refractivity contribution in [3.63, 3.8) is 0 Å². The second-order valence-corrected chi connectivity index (χ2v) is 6.30. The van der Waals surface area contributed by atoms with Crippen molar-refractivity contribution in [3.05, 3.63) is 71.0 Å². The Hall–Kier alpha value is -2.69. The Morgan fingerprint density at radius 3 is 2.60 bits per heavy atom. The van der Waals surface area contributed by atoms with Gasteiger partial charge in [0.05, 0.1) is 11.6 Å². The summed E-state index contributed by atoms with van der Waals surface area (Å²) in [6.07, 6.45) is 2.69. The van der Waals surface area contributed by atoms with Crippen LogP contribution in [0.2, 0.25) is 0 Å². The van der Waals surface area contributed by atoms with Gasteiger partial charge in [0.2, 0.25) is 5.91 Å². The lowest BCUT2D eigenvalue weighted by Crippen LogP contribution is -2.30. The van der Waals surface area contributed by atoms with E-state index in [2.05, 4.69) is 0 Å². The van der Waals surface area contributed by atoms with E-state index in [1.165, 1.54) is 12.1 Å². The van der Waals surface area contributed by atoms with Crippen LogP contribution < -0.4 is 0 Å². The lowest BCUT2D eigenvalue weighted by molar-refractivity contribution is -0.132. The molecule has 0 aromatic heterocycles. The fourth-order valence-corrected chi connectivity index (χ4v) is 3.33. The first-order valence-electron chi connectivity index (χ1n) is 8.42. The molecule has 1 N–H and O–H groups in total. The highest BCUT2D eigenvalue weighted by molar-refractivity contribution is 5.87. The number of carbonyl (C=O) groups is 2. The molecule has 2 aromatic carbocycles. The third-order valence-electron chi connectivity index (χ3n) is 4.64. The minimum Gasteiger partial charge on any atom is -0.478 e. The average molecular weight is 341 g/mol. The lowest BCUT2D eigenvalue weighted by Gasteiger charge is -2.25. The van der Waals surface area contributed by atoms with Crippen molar-refractivity contribution < 1.29 is 19.1 Å². The molecule has 1 amide bonds. The minimum absolute atomic E-state index is 0.0501. The van der Waals surface area contributed by atoms with Gasteiger partial charge in [0.1, 0.15) is 5.82 Å². The molecule has 1 fully saturated rings. The van der Waals surface area contributed by atoms with E-state index in [9.17, 15) is 14.0 Å². The van der Waals surface area contributed by atoms with Gasteiger partial charge in [0.25, 0.3) is 0 Å². The number of benzene rings is 2. The molecule has 1 atom stereocenters. The van der Waals surface area contributed by atoms with Crippen LogP contribution in [0.15, 0.2) is 48.5 Å². The molecule has 0 unspecified atom stereocenters. The van der Waals surface area contributed by atoms with E-state index < -0.39 is 5.97 Å². The molecule has 0 aliphatic carbocycles. The summed E-state index contributed by atoms with van der Waals surface area (Å²) in [7, 11) is 0. The monoisotopic (exact) mass is 341 g/mol. The topological polar surface area (TPSA) is 57.6 Å². The predicted molar refractivity (Wildman–Crippen MR) is 91.8 cm³/mol. The van der Waals surface area contributed by atoms with Gasteiger partial charge in [0.15, 0.2) is 0 Å². The number of rotatable bonds is 5. The van der Waals surface area contributed by atoms with E-state index in [-0.39, 0.29) is 23.3 Å². The number of likely N-dealkylation sites (tertiary alicyclic amines) is 1. The van der Waals surface area contributed by atoms with Crippen molar-refractivity contribution in [1.29, 1.82) is 0 Å². The Morgan fingerprint density at radius 2 is 1.92 bits per heavy atom. The van der Waals surface area contributed by atoms with Gasteiger partial charge in [-0.05, 0) is 54.7 Å². The number of hydrogen-bond acceptors (Lipinski definition) is 2. The summed E-state index contributed by atoms with van der Waals surface area (Å²) in [6.45, 7) is 0.692. The fourth-order valence-electron chi connectivity index (χ4n) is 3.33. The van der Waals surface area contributed by atoms with Gasteiger partial charge in [-0.15, -0.1) is 0 Å². The second-order valence-electron chi connectivity index (χ2n) is 6.30. The largest absolute Gasteiger partial charge is 0.478 e. The van der Waals surface area contributed by atoms with Crippen LogP contribution in [0.1, 0.15) is 46.8 Å². The van der Waals surface area contributed by atoms with Gasteiger partial charge in [-0.3, -0.25) is 4.79 Å². The van der Waals surface area contributed by atoms with Gasteiger partial charge >= 0.3 is 5.97 Å². The number of nitrogens with zero attached hydrogens (tertiary/aromatic N) is 1. The second kappa shape index (κ2) is 7.47. The molecule has 3 rings (SSSR count). The summed E-state index contributed by atoms with van der Waals surface area (Å²) in [4.78, 5) is 25.3. The Kier molecular flexibility index (Phi) is 5.12. The zero-order chi connectivity index (χ0) is 17.8. The fraction of sp³-hybridized carbons (Fsp3) is 0.300. The van der Waals surface area contributed by atoms with Gasteiger partial charge in [0, 0.05) is 13.0 Å². The number of aryl methyl sites for hydroxylation is 1.